The summed E-state index contributed by atoms with van der Waals surface area (Å²) in [4.78, 5) is 20.5. The van der Waals surface area contributed by atoms with Gasteiger partial charge in [-0.3, -0.25) is 4.79 Å². The minimum atomic E-state index is 0.798. The van der Waals surface area contributed by atoms with E-state index in [-0.39, 0.29) is 0 Å². The molecule has 3 heterocycles. The zero-order chi connectivity index (χ0) is 12.4. The Balaban J connectivity index is 1.64. The second-order valence-corrected chi connectivity index (χ2v) is 6.05. The van der Waals surface area contributed by atoms with Gasteiger partial charge in [0.1, 0.15) is 0 Å². The molecule has 0 aliphatic carbocycles. The zero-order valence-electron chi connectivity index (χ0n) is 9.78. The van der Waals surface area contributed by atoms with Gasteiger partial charge in [-0.2, -0.15) is 0 Å². The second kappa shape index (κ2) is 5.07. The Hall–Kier alpha value is -1.40. The van der Waals surface area contributed by atoms with E-state index in [1.54, 1.807) is 22.7 Å². The van der Waals surface area contributed by atoms with E-state index in [1.807, 2.05) is 23.7 Å². The van der Waals surface area contributed by atoms with Crippen LogP contribution in [0.2, 0.25) is 0 Å². The fourth-order valence-electron chi connectivity index (χ4n) is 2.07. The first kappa shape index (κ1) is 11.7. The number of carbonyl (C=O) groups excluding carboxylic acids is 1. The highest BCUT2D eigenvalue weighted by atomic mass is 32.1. The van der Waals surface area contributed by atoms with Crippen LogP contribution in [0.5, 0.6) is 0 Å². The zero-order valence-corrected chi connectivity index (χ0v) is 11.4. The maximum absolute atomic E-state index is 10.7. The Kier molecular flexibility index (Phi) is 3.29. The smallest absolute Gasteiger partial charge is 0.185 e. The highest BCUT2D eigenvalue weighted by Gasteiger charge is 2.19. The van der Waals surface area contributed by atoms with Crippen LogP contribution in [0, 0.1) is 0 Å². The van der Waals surface area contributed by atoms with Gasteiger partial charge in [-0.25, -0.2) is 4.98 Å². The number of aromatic nitrogens is 1. The van der Waals surface area contributed by atoms with E-state index in [0.29, 0.717) is 0 Å². The van der Waals surface area contributed by atoms with Crippen molar-refractivity contribution in [2.24, 2.45) is 0 Å². The summed E-state index contributed by atoms with van der Waals surface area (Å²) in [5.41, 5.74) is 0. The van der Waals surface area contributed by atoms with Crippen molar-refractivity contribution in [3.63, 3.8) is 0 Å². The van der Waals surface area contributed by atoms with Gasteiger partial charge in [0.15, 0.2) is 11.4 Å². The number of piperazine rings is 1. The second-order valence-electron chi connectivity index (χ2n) is 4.08. The van der Waals surface area contributed by atoms with Crippen LogP contribution >= 0.6 is 22.7 Å². The molecule has 0 unspecified atom stereocenters. The summed E-state index contributed by atoms with van der Waals surface area (Å²) in [6.07, 6.45) is 2.77. The minimum Gasteiger partial charge on any atom is -0.360 e. The molecule has 0 atom stereocenters. The average Bonchev–Trinajstić information content (AvgIpc) is 3.10. The van der Waals surface area contributed by atoms with Gasteiger partial charge in [-0.05, 0) is 12.1 Å². The summed E-state index contributed by atoms with van der Waals surface area (Å²) in [6, 6.07) is 3.92. The van der Waals surface area contributed by atoms with E-state index in [2.05, 4.69) is 14.8 Å². The Bertz CT molecular complexity index is 515. The van der Waals surface area contributed by atoms with Gasteiger partial charge < -0.3 is 9.80 Å². The largest absolute Gasteiger partial charge is 0.360 e. The maximum Gasteiger partial charge on any atom is 0.185 e. The standard InChI is InChI=1S/C12H13N3OS2/c16-9-10-1-2-11(18-10)14-4-6-15(7-5-14)12-13-3-8-17-12/h1-3,8-9H,4-7H2. The summed E-state index contributed by atoms with van der Waals surface area (Å²) in [5.74, 6) is 0. The van der Waals surface area contributed by atoms with Crippen LogP contribution in [-0.4, -0.2) is 37.4 Å². The average molecular weight is 279 g/mol. The van der Waals surface area contributed by atoms with Gasteiger partial charge in [0.2, 0.25) is 0 Å². The molecular weight excluding hydrogens is 266 g/mol. The third-order valence-corrected chi connectivity index (χ3v) is 4.91. The van der Waals surface area contributed by atoms with Crippen LogP contribution in [0.15, 0.2) is 23.7 Å². The molecule has 0 saturated carbocycles. The summed E-state index contributed by atoms with van der Waals surface area (Å²) in [7, 11) is 0. The molecule has 0 radical (unpaired) electrons. The van der Waals surface area contributed by atoms with Crippen LogP contribution in [0.1, 0.15) is 9.67 Å². The van der Waals surface area contributed by atoms with Gasteiger partial charge in [0.05, 0.1) is 9.88 Å². The first-order valence-electron chi connectivity index (χ1n) is 5.81. The summed E-state index contributed by atoms with van der Waals surface area (Å²) in [5, 5.41) is 4.31. The summed E-state index contributed by atoms with van der Waals surface area (Å²) >= 11 is 3.25. The normalized spacial score (nSPS) is 16.0. The molecular formula is C12H13N3OS2. The van der Waals surface area contributed by atoms with Crippen LogP contribution in [0.4, 0.5) is 10.1 Å². The molecule has 0 aromatic carbocycles. The van der Waals surface area contributed by atoms with Crippen LogP contribution < -0.4 is 9.80 Å². The quantitative estimate of drug-likeness (QED) is 0.808. The lowest BCUT2D eigenvalue weighted by Crippen LogP contribution is -2.46. The number of anilines is 2. The van der Waals surface area contributed by atoms with Crippen molar-refractivity contribution in [1.29, 1.82) is 0 Å². The van der Waals surface area contributed by atoms with Crippen LogP contribution in [0.3, 0.4) is 0 Å². The molecule has 94 valence electrons. The Morgan fingerprint density at radius 2 is 1.94 bits per heavy atom. The van der Waals surface area contributed by atoms with E-state index in [0.717, 1.165) is 42.5 Å². The lowest BCUT2D eigenvalue weighted by atomic mass is 10.3. The predicted octanol–water partition coefficient (Wildman–Crippen LogP) is 2.34. The molecule has 2 aromatic rings. The van der Waals surface area contributed by atoms with Crippen molar-refractivity contribution in [2.45, 2.75) is 0 Å². The Labute approximate surface area is 113 Å². The van der Waals surface area contributed by atoms with E-state index in [9.17, 15) is 4.79 Å². The molecule has 18 heavy (non-hydrogen) atoms. The van der Waals surface area contributed by atoms with E-state index >= 15 is 0 Å². The number of nitrogens with zero attached hydrogens (tertiary/aromatic N) is 3. The molecule has 0 bridgehead atoms. The van der Waals surface area contributed by atoms with Crippen molar-refractivity contribution < 1.29 is 4.79 Å². The molecule has 2 aromatic heterocycles. The number of carbonyl (C=O) groups is 1. The molecule has 1 fully saturated rings. The lowest BCUT2D eigenvalue weighted by molar-refractivity contribution is 0.112. The number of rotatable bonds is 3. The Morgan fingerprint density at radius 3 is 2.56 bits per heavy atom. The van der Waals surface area contributed by atoms with Crippen LogP contribution in [-0.2, 0) is 0 Å². The van der Waals surface area contributed by atoms with E-state index in [4.69, 9.17) is 0 Å². The van der Waals surface area contributed by atoms with Crippen LogP contribution in [0.25, 0.3) is 0 Å². The van der Waals surface area contributed by atoms with Gasteiger partial charge >= 0.3 is 0 Å². The van der Waals surface area contributed by atoms with Crippen molar-refractivity contribution in [3.8, 4) is 0 Å². The topological polar surface area (TPSA) is 36.4 Å². The fourth-order valence-corrected chi connectivity index (χ4v) is 3.64. The number of thiazole rings is 1. The van der Waals surface area contributed by atoms with E-state index in [1.165, 1.54) is 5.00 Å². The third kappa shape index (κ3) is 2.26. The summed E-state index contributed by atoms with van der Waals surface area (Å²) < 4.78 is 0. The molecule has 6 heteroatoms. The van der Waals surface area contributed by atoms with Gasteiger partial charge in [-0.1, -0.05) is 0 Å². The maximum atomic E-state index is 10.7. The van der Waals surface area contributed by atoms with E-state index < -0.39 is 0 Å². The van der Waals surface area contributed by atoms with Crippen molar-refractivity contribution >= 4 is 39.1 Å². The fraction of sp³-hybridized carbons (Fsp3) is 0.333. The molecule has 1 aliphatic heterocycles. The predicted molar refractivity (Wildman–Crippen MR) is 76.2 cm³/mol. The Morgan fingerprint density at radius 1 is 1.17 bits per heavy atom. The van der Waals surface area contributed by atoms with Crippen molar-refractivity contribution in [2.75, 3.05) is 36.0 Å². The molecule has 0 amide bonds. The summed E-state index contributed by atoms with van der Waals surface area (Å²) in [6.45, 7) is 3.94. The van der Waals surface area contributed by atoms with Gasteiger partial charge in [-0.15, -0.1) is 22.7 Å². The molecule has 3 rings (SSSR count). The molecule has 0 spiro atoms. The molecule has 1 saturated heterocycles. The SMILES string of the molecule is O=Cc1ccc(N2CCN(c3nccs3)CC2)s1. The molecule has 1 aliphatic rings. The van der Waals surface area contributed by atoms with Gasteiger partial charge in [0.25, 0.3) is 0 Å². The molecule has 4 nitrogen and oxygen atoms in total. The highest BCUT2D eigenvalue weighted by molar-refractivity contribution is 7.17. The number of hydrogen-bond donors (Lipinski definition) is 0. The monoisotopic (exact) mass is 279 g/mol. The molecule has 0 N–H and O–H groups in total. The first-order valence-corrected chi connectivity index (χ1v) is 7.51. The lowest BCUT2D eigenvalue weighted by Gasteiger charge is -2.35. The number of aldehydes is 1. The van der Waals surface area contributed by atoms with Crippen molar-refractivity contribution in [3.05, 3.63) is 28.6 Å². The number of thiophene rings is 1. The number of hydrogen-bond acceptors (Lipinski definition) is 6. The third-order valence-electron chi connectivity index (χ3n) is 3.01. The minimum absolute atomic E-state index is 0.798. The van der Waals surface area contributed by atoms with Crippen molar-refractivity contribution in [1.82, 2.24) is 4.98 Å². The van der Waals surface area contributed by atoms with Gasteiger partial charge in [0, 0.05) is 37.8 Å². The first-order chi connectivity index (χ1) is 8.86. The highest BCUT2D eigenvalue weighted by Crippen LogP contribution is 2.27.